The number of rotatable bonds is 5. The lowest BCUT2D eigenvalue weighted by Crippen LogP contribution is -2.48. The first-order valence-corrected chi connectivity index (χ1v) is 11.5. The second-order valence-corrected chi connectivity index (χ2v) is 8.95. The molecule has 2 aromatic heterocycles. The zero-order chi connectivity index (χ0) is 21.1. The molecule has 6 nitrogen and oxygen atoms in total. The van der Waals surface area contributed by atoms with Crippen LogP contribution in [-0.4, -0.2) is 48.4 Å². The summed E-state index contributed by atoms with van der Waals surface area (Å²) in [5.41, 5.74) is 1.80. The number of piperidine rings is 1. The van der Waals surface area contributed by atoms with Gasteiger partial charge < -0.3 is 4.90 Å². The van der Waals surface area contributed by atoms with Gasteiger partial charge in [0.1, 0.15) is 0 Å². The number of halogens is 1. The normalized spacial score (nSPS) is 19.1. The van der Waals surface area contributed by atoms with Crippen LogP contribution in [0, 0.1) is 0 Å². The largest absolute Gasteiger partial charge is 0.337 e. The maximum atomic E-state index is 13.0. The predicted molar refractivity (Wildman–Crippen MR) is 120 cm³/mol. The highest BCUT2D eigenvalue weighted by atomic mass is 35.5. The highest BCUT2D eigenvalue weighted by molar-refractivity contribution is 7.99. The van der Waals surface area contributed by atoms with Crippen LogP contribution in [0.1, 0.15) is 33.1 Å². The molecule has 0 unspecified atom stereocenters. The van der Waals surface area contributed by atoms with Crippen LogP contribution in [0.4, 0.5) is 0 Å². The van der Waals surface area contributed by atoms with E-state index in [0.717, 1.165) is 24.1 Å². The third kappa shape index (κ3) is 4.37. The quantitative estimate of drug-likeness (QED) is 0.529. The molecule has 156 valence electrons. The Labute approximate surface area is 185 Å². The molecule has 0 spiro atoms. The molecule has 0 N–H and O–H groups in total. The van der Waals surface area contributed by atoms with Gasteiger partial charge in [0, 0.05) is 40.8 Å². The van der Waals surface area contributed by atoms with E-state index in [1.54, 1.807) is 12.4 Å². The number of hydrogen-bond donors (Lipinski definition) is 0. The Morgan fingerprint density at radius 2 is 1.73 bits per heavy atom. The molecule has 0 bridgehead atoms. The fraction of sp³-hybridized carbons (Fsp3) is 0.364. The van der Waals surface area contributed by atoms with Crippen LogP contribution < -0.4 is 0 Å². The molecular weight excluding hydrogens is 418 g/mol. The first-order valence-electron chi connectivity index (χ1n) is 10.1. The van der Waals surface area contributed by atoms with Crippen molar-refractivity contribution >= 4 is 29.3 Å². The lowest BCUT2D eigenvalue weighted by atomic mass is 9.98. The minimum absolute atomic E-state index is 0.149. The number of pyridine rings is 1. The molecule has 3 heterocycles. The molecule has 1 fully saturated rings. The first kappa shape index (κ1) is 20.9. The van der Waals surface area contributed by atoms with Crippen molar-refractivity contribution in [2.45, 2.75) is 50.4 Å². The number of likely N-dealkylation sites (tertiary alicyclic amines) is 1. The fourth-order valence-electron chi connectivity index (χ4n) is 3.99. The summed E-state index contributed by atoms with van der Waals surface area (Å²) in [5, 5.41) is 10.1. The summed E-state index contributed by atoms with van der Waals surface area (Å²) in [6.07, 6.45) is 6.76. The van der Waals surface area contributed by atoms with Crippen LogP contribution in [-0.2, 0) is 4.79 Å². The van der Waals surface area contributed by atoms with Gasteiger partial charge in [-0.25, -0.2) is 0 Å². The fourth-order valence-corrected chi connectivity index (χ4v) is 4.94. The van der Waals surface area contributed by atoms with Crippen LogP contribution in [0.2, 0.25) is 5.02 Å². The van der Waals surface area contributed by atoms with Gasteiger partial charge in [0.15, 0.2) is 11.0 Å². The Balaban J connectivity index is 1.62. The Morgan fingerprint density at radius 1 is 1.07 bits per heavy atom. The SMILES string of the molecule is C[C@@H]1CCC[C@H](C)N1C(=O)CSc1nnc(-c2ccncc2)n1-c1ccc(Cl)cc1. The topological polar surface area (TPSA) is 63.9 Å². The van der Waals surface area contributed by atoms with Gasteiger partial charge in [-0.3, -0.25) is 14.3 Å². The van der Waals surface area contributed by atoms with Crippen molar-refractivity contribution in [3.8, 4) is 17.1 Å². The second kappa shape index (κ2) is 9.18. The summed E-state index contributed by atoms with van der Waals surface area (Å²) < 4.78 is 1.96. The van der Waals surface area contributed by atoms with Crippen molar-refractivity contribution in [2.24, 2.45) is 0 Å². The second-order valence-electron chi connectivity index (χ2n) is 7.57. The van der Waals surface area contributed by atoms with Crippen LogP contribution in [0.3, 0.4) is 0 Å². The molecule has 0 radical (unpaired) electrons. The lowest BCUT2D eigenvalue weighted by molar-refractivity contribution is -0.134. The molecule has 30 heavy (non-hydrogen) atoms. The summed E-state index contributed by atoms with van der Waals surface area (Å²) in [4.78, 5) is 19.1. The molecule has 1 aliphatic heterocycles. The highest BCUT2D eigenvalue weighted by Gasteiger charge is 2.29. The van der Waals surface area contributed by atoms with E-state index < -0.39 is 0 Å². The third-order valence-corrected chi connectivity index (χ3v) is 6.63. The zero-order valence-electron chi connectivity index (χ0n) is 17.0. The maximum Gasteiger partial charge on any atom is 0.233 e. The van der Waals surface area contributed by atoms with Gasteiger partial charge in [0.2, 0.25) is 5.91 Å². The molecule has 0 saturated carbocycles. The molecule has 2 atom stereocenters. The van der Waals surface area contributed by atoms with E-state index in [4.69, 9.17) is 11.6 Å². The van der Waals surface area contributed by atoms with Crippen LogP contribution in [0.25, 0.3) is 17.1 Å². The molecule has 1 saturated heterocycles. The minimum atomic E-state index is 0.149. The van der Waals surface area contributed by atoms with Crippen LogP contribution in [0.15, 0.2) is 53.9 Å². The van der Waals surface area contributed by atoms with Crippen molar-refractivity contribution in [1.82, 2.24) is 24.6 Å². The van der Waals surface area contributed by atoms with E-state index in [2.05, 4.69) is 29.0 Å². The molecule has 3 aromatic rings. The average molecular weight is 442 g/mol. The summed E-state index contributed by atoms with van der Waals surface area (Å²) in [6.45, 7) is 4.27. The van der Waals surface area contributed by atoms with E-state index >= 15 is 0 Å². The van der Waals surface area contributed by atoms with Crippen molar-refractivity contribution in [2.75, 3.05) is 5.75 Å². The monoisotopic (exact) mass is 441 g/mol. The molecule has 0 aliphatic carbocycles. The van der Waals surface area contributed by atoms with Crippen molar-refractivity contribution in [3.63, 3.8) is 0 Å². The highest BCUT2D eigenvalue weighted by Crippen LogP contribution is 2.30. The smallest absolute Gasteiger partial charge is 0.233 e. The number of benzene rings is 1. The van der Waals surface area contributed by atoms with E-state index in [1.807, 2.05) is 45.9 Å². The zero-order valence-corrected chi connectivity index (χ0v) is 18.6. The number of nitrogens with zero attached hydrogens (tertiary/aromatic N) is 5. The molecule has 1 aromatic carbocycles. The van der Waals surface area contributed by atoms with E-state index in [-0.39, 0.29) is 18.0 Å². The van der Waals surface area contributed by atoms with Crippen molar-refractivity contribution in [3.05, 3.63) is 53.8 Å². The molecule has 1 amide bonds. The Morgan fingerprint density at radius 3 is 2.40 bits per heavy atom. The summed E-state index contributed by atoms with van der Waals surface area (Å²) in [5.74, 6) is 1.18. The first-order chi connectivity index (χ1) is 14.5. The van der Waals surface area contributed by atoms with E-state index in [9.17, 15) is 4.79 Å². The van der Waals surface area contributed by atoms with Gasteiger partial charge in [0.25, 0.3) is 0 Å². The van der Waals surface area contributed by atoms with Gasteiger partial charge in [-0.1, -0.05) is 23.4 Å². The number of amides is 1. The van der Waals surface area contributed by atoms with Gasteiger partial charge >= 0.3 is 0 Å². The van der Waals surface area contributed by atoms with E-state index in [0.29, 0.717) is 21.8 Å². The number of aromatic nitrogens is 4. The minimum Gasteiger partial charge on any atom is -0.337 e. The van der Waals surface area contributed by atoms with E-state index in [1.165, 1.54) is 18.2 Å². The number of hydrogen-bond acceptors (Lipinski definition) is 5. The third-order valence-electron chi connectivity index (χ3n) is 5.46. The number of carbonyl (C=O) groups excluding carboxylic acids is 1. The average Bonchev–Trinajstić information content (AvgIpc) is 3.17. The maximum absolute atomic E-state index is 13.0. The van der Waals surface area contributed by atoms with Crippen molar-refractivity contribution in [1.29, 1.82) is 0 Å². The van der Waals surface area contributed by atoms with Crippen LogP contribution >= 0.6 is 23.4 Å². The summed E-state index contributed by atoms with van der Waals surface area (Å²) in [6, 6.07) is 11.9. The standard InChI is InChI=1S/C22H24ClN5OS/c1-15-4-3-5-16(2)27(15)20(29)14-30-22-26-25-21(17-10-12-24-13-11-17)28(22)19-8-6-18(23)7-9-19/h6-13,15-16H,3-5,14H2,1-2H3/t15-,16+. The molecular formula is C22H24ClN5OS. The Hall–Kier alpha value is -2.38. The Bertz CT molecular complexity index is 998. The van der Waals surface area contributed by atoms with Gasteiger partial charge in [-0.05, 0) is 69.5 Å². The number of thioether (sulfide) groups is 1. The molecule has 1 aliphatic rings. The van der Waals surface area contributed by atoms with Gasteiger partial charge in [-0.2, -0.15) is 0 Å². The molecule has 8 heteroatoms. The van der Waals surface area contributed by atoms with Crippen molar-refractivity contribution < 1.29 is 4.79 Å². The number of carbonyl (C=O) groups is 1. The Kier molecular flexibility index (Phi) is 6.39. The lowest BCUT2D eigenvalue weighted by Gasteiger charge is -2.39. The summed E-state index contributed by atoms with van der Waals surface area (Å²) in [7, 11) is 0. The summed E-state index contributed by atoms with van der Waals surface area (Å²) >= 11 is 7.50. The van der Waals surface area contributed by atoms with Gasteiger partial charge in [0.05, 0.1) is 5.75 Å². The predicted octanol–water partition coefficient (Wildman–Crippen LogP) is 4.86. The van der Waals surface area contributed by atoms with Crippen LogP contribution in [0.5, 0.6) is 0 Å². The molecule has 4 rings (SSSR count). The van der Waals surface area contributed by atoms with Gasteiger partial charge in [-0.15, -0.1) is 10.2 Å².